The maximum Gasteiger partial charge on any atom is 0.0843 e. The number of hydrogen-bond acceptors (Lipinski definition) is 4. The van der Waals surface area contributed by atoms with Crippen molar-refractivity contribution < 1.29 is 0 Å². The summed E-state index contributed by atoms with van der Waals surface area (Å²) >= 11 is 6.38. The second-order valence-electron chi connectivity index (χ2n) is 9.94. The normalized spacial score (nSPS) is 20.9. The Morgan fingerprint density at radius 2 is 1.85 bits per heavy atom. The molecular weight excluding hydrogens is 428 g/mol. The largest absolute Gasteiger partial charge is 0.372 e. The summed E-state index contributed by atoms with van der Waals surface area (Å²) in [6, 6.07) is 10.9. The predicted molar refractivity (Wildman–Crippen MR) is 136 cm³/mol. The highest BCUT2D eigenvalue weighted by atomic mass is 35.5. The third kappa shape index (κ3) is 5.55. The molecule has 1 fully saturated rings. The fraction of sp³-hybridized carbons (Fsp3) is 0.536. The zero-order chi connectivity index (χ0) is 22.5. The zero-order valence-electron chi connectivity index (χ0n) is 19.7. The number of likely N-dealkylation sites (tertiary alicyclic amines) is 1. The molecule has 5 heteroatoms. The minimum atomic E-state index is 0.408. The number of benzene rings is 1. The van der Waals surface area contributed by atoms with E-state index in [4.69, 9.17) is 16.6 Å². The van der Waals surface area contributed by atoms with Gasteiger partial charge in [-0.2, -0.15) is 0 Å². The first kappa shape index (κ1) is 22.7. The van der Waals surface area contributed by atoms with Gasteiger partial charge in [-0.15, -0.1) is 0 Å². The van der Waals surface area contributed by atoms with Gasteiger partial charge in [0.1, 0.15) is 0 Å². The summed E-state index contributed by atoms with van der Waals surface area (Å²) in [6.07, 6.45) is 15.2. The maximum atomic E-state index is 6.38. The van der Waals surface area contributed by atoms with Gasteiger partial charge in [-0.05, 0) is 105 Å². The quantitative estimate of drug-likeness (QED) is 0.497. The van der Waals surface area contributed by atoms with Crippen molar-refractivity contribution in [2.24, 2.45) is 5.92 Å². The third-order valence-electron chi connectivity index (χ3n) is 7.79. The molecule has 2 aromatic rings. The first-order valence-corrected chi connectivity index (χ1v) is 13.3. The molecular formula is C28H37ClN4. The van der Waals surface area contributed by atoms with E-state index in [1.165, 1.54) is 92.7 Å². The molecule has 0 radical (unpaired) electrons. The molecule has 1 atom stereocenters. The Kier molecular flexibility index (Phi) is 7.53. The molecule has 3 aliphatic rings. The number of piperidine rings is 1. The molecule has 4 nitrogen and oxygen atoms in total. The Labute approximate surface area is 203 Å². The highest BCUT2D eigenvalue weighted by Gasteiger charge is 2.33. The molecule has 0 saturated carbocycles. The van der Waals surface area contributed by atoms with E-state index in [1.807, 2.05) is 6.20 Å². The van der Waals surface area contributed by atoms with Crippen LogP contribution in [0.3, 0.4) is 0 Å². The zero-order valence-corrected chi connectivity index (χ0v) is 20.4. The van der Waals surface area contributed by atoms with Crippen molar-refractivity contribution in [3.05, 3.63) is 75.8 Å². The van der Waals surface area contributed by atoms with E-state index in [-0.39, 0.29) is 0 Å². The van der Waals surface area contributed by atoms with Gasteiger partial charge in [0, 0.05) is 29.0 Å². The Balaban J connectivity index is 1.15. The number of nitrogens with zero attached hydrogens (tertiary/aromatic N) is 2. The standard InChI is InChI=1S/C28H37ClN4/c29-24-10-11-26-23(18-24)9-8-22-6-5-14-31-28(22)27(26)21-12-16-33(17-13-21)15-4-2-1-3-7-25-19-30-20-32-25/h5-6,10-11,14,18-19,21,27,30,32H,1-4,7-9,12-13,15-17,20H2. The number of pyridine rings is 1. The number of hydrogen-bond donors (Lipinski definition) is 2. The van der Waals surface area contributed by atoms with Crippen LogP contribution in [0.15, 0.2) is 48.4 Å². The Hall–Kier alpha value is -2.04. The highest BCUT2D eigenvalue weighted by molar-refractivity contribution is 6.30. The summed E-state index contributed by atoms with van der Waals surface area (Å²) in [5.41, 5.74) is 7.01. The minimum Gasteiger partial charge on any atom is -0.372 e. The van der Waals surface area contributed by atoms with Gasteiger partial charge in [-0.3, -0.25) is 4.98 Å². The van der Waals surface area contributed by atoms with E-state index in [0.29, 0.717) is 11.8 Å². The first-order valence-electron chi connectivity index (χ1n) is 12.9. The molecule has 1 aromatic heterocycles. The number of fused-ring (bicyclic) bond motifs is 2. The van der Waals surface area contributed by atoms with Gasteiger partial charge < -0.3 is 15.5 Å². The summed E-state index contributed by atoms with van der Waals surface area (Å²) in [5.74, 6) is 1.07. The Bertz CT molecular complexity index is 964. The topological polar surface area (TPSA) is 40.2 Å². The first-order chi connectivity index (χ1) is 16.3. The van der Waals surface area contributed by atoms with Crippen LogP contribution in [0.25, 0.3) is 0 Å². The Morgan fingerprint density at radius 1 is 1.00 bits per heavy atom. The van der Waals surface area contributed by atoms with Crippen LogP contribution in [0.2, 0.25) is 5.02 Å². The number of unbranched alkanes of at least 4 members (excludes halogenated alkanes) is 3. The van der Waals surface area contributed by atoms with Gasteiger partial charge in [0.25, 0.3) is 0 Å². The van der Waals surface area contributed by atoms with Crippen molar-refractivity contribution >= 4 is 11.6 Å². The lowest BCUT2D eigenvalue weighted by Crippen LogP contribution is -2.36. The molecule has 3 heterocycles. The van der Waals surface area contributed by atoms with Crippen LogP contribution in [0.5, 0.6) is 0 Å². The van der Waals surface area contributed by atoms with Crippen LogP contribution < -0.4 is 10.6 Å². The lowest BCUT2D eigenvalue weighted by atomic mass is 9.76. The summed E-state index contributed by atoms with van der Waals surface area (Å²) < 4.78 is 0. The number of aromatic nitrogens is 1. The van der Waals surface area contributed by atoms with Crippen molar-refractivity contribution in [2.45, 2.75) is 63.7 Å². The van der Waals surface area contributed by atoms with Gasteiger partial charge in [-0.1, -0.05) is 36.6 Å². The molecule has 2 aliphatic heterocycles. The number of nitrogens with one attached hydrogen (secondary N) is 2. The van der Waals surface area contributed by atoms with Gasteiger partial charge in [0.05, 0.1) is 12.4 Å². The molecule has 0 spiro atoms. The van der Waals surface area contributed by atoms with Crippen molar-refractivity contribution in [1.29, 1.82) is 0 Å². The van der Waals surface area contributed by atoms with E-state index in [0.717, 1.165) is 24.5 Å². The summed E-state index contributed by atoms with van der Waals surface area (Å²) in [6.45, 7) is 4.58. The molecule has 5 rings (SSSR count). The molecule has 0 bridgehead atoms. The van der Waals surface area contributed by atoms with E-state index < -0.39 is 0 Å². The average molecular weight is 465 g/mol. The van der Waals surface area contributed by atoms with Crippen LogP contribution in [0.1, 0.15) is 73.2 Å². The number of rotatable bonds is 8. The second kappa shape index (κ2) is 10.9. The number of allylic oxidation sites excluding steroid dienone is 1. The van der Waals surface area contributed by atoms with Gasteiger partial charge in [0.15, 0.2) is 0 Å². The molecule has 1 aromatic carbocycles. The molecule has 2 N–H and O–H groups in total. The fourth-order valence-corrected chi connectivity index (χ4v) is 6.19. The highest BCUT2D eigenvalue weighted by Crippen LogP contribution is 2.42. The van der Waals surface area contributed by atoms with Crippen molar-refractivity contribution in [1.82, 2.24) is 20.5 Å². The van der Waals surface area contributed by atoms with Crippen molar-refractivity contribution in [3.63, 3.8) is 0 Å². The predicted octanol–water partition coefficient (Wildman–Crippen LogP) is 5.62. The van der Waals surface area contributed by atoms with Gasteiger partial charge in [-0.25, -0.2) is 0 Å². The van der Waals surface area contributed by atoms with E-state index in [9.17, 15) is 0 Å². The third-order valence-corrected chi connectivity index (χ3v) is 8.03. The van der Waals surface area contributed by atoms with E-state index in [1.54, 1.807) is 0 Å². The fourth-order valence-electron chi connectivity index (χ4n) is 5.99. The van der Waals surface area contributed by atoms with Crippen LogP contribution in [-0.2, 0) is 12.8 Å². The molecule has 1 saturated heterocycles. The summed E-state index contributed by atoms with van der Waals surface area (Å²) in [4.78, 5) is 7.62. The molecule has 1 unspecified atom stereocenters. The molecule has 33 heavy (non-hydrogen) atoms. The van der Waals surface area contributed by atoms with Crippen molar-refractivity contribution in [3.8, 4) is 0 Å². The summed E-state index contributed by atoms with van der Waals surface area (Å²) in [5, 5.41) is 7.46. The lowest BCUT2D eigenvalue weighted by Gasteiger charge is -2.36. The second-order valence-corrected chi connectivity index (χ2v) is 10.4. The van der Waals surface area contributed by atoms with Crippen LogP contribution in [0, 0.1) is 5.92 Å². The van der Waals surface area contributed by atoms with Crippen LogP contribution in [-0.4, -0.2) is 36.2 Å². The maximum absolute atomic E-state index is 6.38. The van der Waals surface area contributed by atoms with Crippen LogP contribution in [0.4, 0.5) is 0 Å². The van der Waals surface area contributed by atoms with E-state index >= 15 is 0 Å². The SMILES string of the molecule is Clc1ccc2c(c1)CCc1cccnc1C2C1CCN(CCCCCCC2=CNCN2)CC1. The molecule has 176 valence electrons. The lowest BCUT2D eigenvalue weighted by molar-refractivity contribution is 0.171. The Morgan fingerprint density at radius 3 is 2.70 bits per heavy atom. The van der Waals surface area contributed by atoms with Crippen LogP contribution >= 0.6 is 11.6 Å². The van der Waals surface area contributed by atoms with Gasteiger partial charge in [0.2, 0.25) is 0 Å². The minimum absolute atomic E-state index is 0.408. The molecule has 1 aliphatic carbocycles. The number of halogens is 1. The number of aryl methyl sites for hydroxylation is 2. The van der Waals surface area contributed by atoms with Crippen molar-refractivity contribution in [2.75, 3.05) is 26.3 Å². The molecule has 0 amide bonds. The van der Waals surface area contributed by atoms with Gasteiger partial charge >= 0.3 is 0 Å². The average Bonchev–Trinajstić information content (AvgIpc) is 3.30. The monoisotopic (exact) mass is 464 g/mol. The summed E-state index contributed by atoms with van der Waals surface area (Å²) in [7, 11) is 0. The van der Waals surface area contributed by atoms with E-state index in [2.05, 4.69) is 52.1 Å². The smallest absolute Gasteiger partial charge is 0.0843 e.